The Balaban J connectivity index is 1.79. The highest BCUT2D eigenvalue weighted by Crippen LogP contribution is 2.24. The van der Waals surface area contributed by atoms with Gasteiger partial charge in [0.15, 0.2) is 0 Å². The number of ether oxygens (including phenoxy) is 1. The number of rotatable bonds is 8. The van der Waals surface area contributed by atoms with Gasteiger partial charge in [0.25, 0.3) is 0 Å². The van der Waals surface area contributed by atoms with E-state index in [2.05, 4.69) is 36.5 Å². The lowest BCUT2D eigenvalue weighted by molar-refractivity contribution is 0.210. The molecule has 0 bridgehead atoms. The lowest BCUT2D eigenvalue weighted by atomic mass is 10.1. The fourth-order valence-corrected chi connectivity index (χ4v) is 2.72. The van der Waals surface area contributed by atoms with Gasteiger partial charge in [-0.2, -0.15) is 0 Å². The Morgan fingerprint density at radius 1 is 1.35 bits per heavy atom. The molecule has 1 aliphatic carbocycles. The second-order valence-corrected chi connectivity index (χ2v) is 5.82. The van der Waals surface area contributed by atoms with Gasteiger partial charge in [0.05, 0.1) is 6.10 Å². The van der Waals surface area contributed by atoms with E-state index in [4.69, 9.17) is 9.84 Å². The molecule has 0 saturated heterocycles. The summed E-state index contributed by atoms with van der Waals surface area (Å²) in [7, 11) is 0. The predicted octanol–water partition coefficient (Wildman–Crippen LogP) is 3.26. The molecule has 20 heavy (non-hydrogen) atoms. The van der Waals surface area contributed by atoms with Crippen LogP contribution in [0.4, 0.5) is 0 Å². The molecule has 0 aromatic heterocycles. The normalized spacial score (nSPS) is 17.3. The average Bonchev–Trinajstić information content (AvgIpc) is 2.96. The Morgan fingerprint density at radius 2 is 2.15 bits per heavy atom. The maximum Gasteiger partial charge on any atom is 0.120 e. The van der Waals surface area contributed by atoms with Crippen LogP contribution in [0.3, 0.4) is 0 Å². The minimum atomic E-state index is 0.275. The minimum Gasteiger partial charge on any atom is -0.490 e. The topological polar surface area (TPSA) is 41.5 Å². The molecule has 2 rings (SSSR count). The number of nitrogens with one attached hydrogen (secondary N) is 1. The van der Waals surface area contributed by atoms with Crippen LogP contribution in [0.25, 0.3) is 0 Å². The van der Waals surface area contributed by atoms with E-state index < -0.39 is 0 Å². The maximum absolute atomic E-state index is 8.83. The summed E-state index contributed by atoms with van der Waals surface area (Å²) < 4.78 is 6.03. The van der Waals surface area contributed by atoms with Gasteiger partial charge in [0.2, 0.25) is 0 Å². The summed E-state index contributed by atoms with van der Waals surface area (Å²) in [6, 6.07) is 8.83. The van der Waals surface area contributed by atoms with E-state index in [0.29, 0.717) is 12.1 Å². The van der Waals surface area contributed by atoms with Crippen molar-refractivity contribution >= 4 is 0 Å². The number of aliphatic hydroxyl groups is 1. The first-order valence-electron chi connectivity index (χ1n) is 7.88. The molecule has 1 atom stereocenters. The molecule has 1 aromatic rings. The van der Waals surface area contributed by atoms with Crippen LogP contribution < -0.4 is 10.1 Å². The molecule has 0 radical (unpaired) electrons. The van der Waals surface area contributed by atoms with E-state index in [9.17, 15) is 0 Å². The first-order chi connectivity index (χ1) is 9.78. The summed E-state index contributed by atoms with van der Waals surface area (Å²) in [4.78, 5) is 0. The molecule has 1 saturated carbocycles. The van der Waals surface area contributed by atoms with E-state index in [1.165, 1.54) is 31.2 Å². The van der Waals surface area contributed by atoms with Crippen LogP contribution in [-0.4, -0.2) is 23.9 Å². The molecule has 0 amide bonds. The maximum atomic E-state index is 8.83. The highest BCUT2D eigenvalue weighted by Gasteiger charge is 2.16. The highest BCUT2D eigenvalue weighted by atomic mass is 16.5. The molecule has 0 heterocycles. The van der Waals surface area contributed by atoms with Gasteiger partial charge in [-0.15, -0.1) is 0 Å². The van der Waals surface area contributed by atoms with Crippen molar-refractivity contribution in [3.63, 3.8) is 0 Å². The Morgan fingerprint density at radius 3 is 2.90 bits per heavy atom. The second kappa shape index (κ2) is 8.28. The number of benzene rings is 1. The fourth-order valence-electron chi connectivity index (χ4n) is 2.72. The Hall–Kier alpha value is -1.06. The molecule has 112 valence electrons. The molecule has 1 fully saturated rings. The molecular formula is C17H27NO2. The van der Waals surface area contributed by atoms with Crippen molar-refractivity contribution in [3.05, 3.63) is 29.8 Å². The van der Waals surface area contributed by atoms with Crippen molar-refractivity contribution in [1.29, 1.82) is 0 Å². The smallest absolute Gasteiger partial charge is 0.120 e. The summed E-state index contributed by atoms with van der Waals surface area (Å²) in [5.74, 6) is 0.999. The SMILES string of the molecule is CC(CCCO)NCc1cccc(OC2CCCC2)c1. The van der Waals surface area contributed by atoms with Crippen molar-refractivity contribution in [3.8, 4) is 5.75 Å². The Bertz CT molecular complexity index is 388. The van der Waals surface area contributed by atoms with Crippen LogP contribution >= 0.6 is 0 Å². The zero-order valence-electron chi connectivity index (χ0n) is 12.5. The molecule has 3 heteroatoms. The average molecular weight is 277 g/mol. The monoisotopic (exact) mass is 277 g/mol. The fraction of sp³-hybridized carbons (Fsp3) is 0.647. The van der Waals surface area contributed by atoms with Gasteiger partial charge in [-0.05, 0) is 63.1 Å². The summed E-state index contributed by atoms with van der Waals surface area (Å²) in [5, 5.41) is 12.3. The molecule has 1 aromatic carbocycles. The van der Waals surface area contributed by atoms with Crippen LogP contribution in [0.1, 0.15) is 51.0 Å². The van der Waals surface area contributed by atoms with Gasteiger partial charge in [0, 0.05) is 19.2 Å². The van der Waals surface area contributed by atoms with Crippen LogP contribution in [0.15, 0.2) is 24.3 Å². The summed E-state index contributed by atoms with van der Waals surface area (Å²) in [6.45, 7) is 3.29. The lowest BCUT2D eigenvalue weighted by Gasteiger charge is -2.16. The van der Waals surface area contributed by atoms with Gasteiger partial charge in [0.1, 0.15) is 5.75 Å². The number of hydrogen-bond donors (Lipinski definition) is 2. The van der Waals surface area contributed by atoms with E-state index in [0.717, 1.165) is 25.1 Å². The molecule has 3 nitrogen and oxygen atoms in total. The van der Waals surface area contributed by atoms with Gasteiger partial charge in [-0.25, -0.2) is 0 Å². The first kappa shape index (κ1) is 15.3. The van der Waals surface area contributed by atoms with E-state index in [1.54, 1.807) is 0 Å². The van der Waals surface area contributed by atoms with Crippen molar-refractivity contribution in [2.75, 3.05) is 6.61 Å². The summed E-state index contributed by atoms with van der Waals surface area (Å²) in [6.07, 6.45) is 7.28. The standard InChI is InChI=1S/C17H27NO2/c1-14(6-5-11-19)18-13-15-7-4-10-17(12-15)20-16-8-2-3-9-16/h4,7,10,12,14,16,18-19H,2-3,5-6,8-9,11,13H2,1H3. The molecule has 1 aliphatic rings. The Labute approximate surface area is 122 Å². The van der Waals surface area contributed by atoms with Gasteiger partial charge in [-0.3, -0.25) is 0 Å². The highest BCUT2D eigenvalue weighted by molar-refractivity contribution is 5.28. The number of hydrogen-bond acceptors (Lipinski definition) is 3. The lowest BCUT2D eigenvalue weighted by Crippen LogP contribution is -2.25. The Kier molecular flexibility index (Phi) is 6.34. The molecular weight excluding hydrogens is 250 g/mol. The summed E-state index contributed by atoms with van der Waals surface area (Å²) in [5.41, 5.74) is 1.26. The molecule has 0 aliphatic heterocycles. The minimum absolute atomic E-state index is 0.275. The largest absolute Gasteiger partial charge is 0.490 e. The first-order valence-corrected chi connectivity index (χ1v) is 7.88. The van der Waals surface area contributed by atoms with E-state index in [1.807, 2.05) is 0 Å². The van der Waals surface area contributed by atoms with Crippen molar-refractivity contribution in [2.45, 2.75) is 64.1 Å². The van der Waals surface area contributed by atoms with Gasteiger partial charge in [-0.1, -0.05) is 12.1 Å². The quantitative estimate of drug-likeness (QED) is 0.766. The van der Waals surface area contributed by atoms with Crippen LogP contribution in [-0.2, 0) is 6.54 Å². The van der Waals surface area contributed by atoms with Crippen molar-refractivity contribution in [2.24, 2.45) is 0 Å². The second-order valence-electron chi connectivity index (χ2n) is 5.82. The van der Waals surface area contributed by atoms with E-state index >= 15 is 0 Å². The zero-order valence-corrected chi connectivity index (χ0v) is 12.5. The third-order valence-electron chi connectivity index (χ3n) is 3.95. The molecule has 1 unspecified atom stereocenters. The van der Waals surface area contributed by atoms with Gasteiger partial charge < -0.3 is 15.2 Å². The van der Waals surface area contributed by atoms with Crippen LogP contribution in [0.2, 0.25) is 0 Å². The number of aliphatic hydroxyl groups excluding tert-OH is 1. The van der Waals surface area contributed by atoms with E-state index in [-0.39, 0.29) is 6.61 Å². The van der Waals surface area contributed by atoms with Crippen molar-refractivity contribution in [1.82, 2.24) is 5.32 Å². The van der Waals surface area contributed by atoms with Crippen LogP contribution in [0.5, 0.6) is 5.75 Å². The van der Waals surface area contributed by atoms with Crippen LogP contribution in [0, 0.1) is 0 Å². The molecule has 2 N–H and O–H groups in total. The third kappa shape index (κ3) is 5.14. The molecule has 0 spiro atoms. The third-order valence-corrected chi connectivity index (χ3v) is 3.95. The van der Waals surface area contributed by atoms with Gasteiger partial charge >= 0.3 is 0 Å². The summed E-state index contributed by atoms with van der Waals surface area (Å²) >= 11 is 0. The zero-order chi connectivity index (χ0) is 14.2. The van der Waals surface area contributed by atoms with Crippen molar-refractivity contribution < 1.29 is 9.84 Å². The predicted molar refractivity (Wildman–Crippen MR) is 81.9 cm³/mol.